The van der Waals surface area contributed by atoms with E-state index in [0.717, 1.165) is 12.2 Å². The molecule has 0 aliphatic carbocycles. The third kappa shape index (κ3) is 4.36. The van der Waals surface area contributed by atoms with Gasteiger partial charge in [-0.05, 0) is 18.6 Å². The lowest BCUT2D eigenvalue weighted by atomic mass is 10.2. The van der Waals surface area contributed by atoms with Crippen molar-refractivity contribution in [2.45, 2.75) is 13.5 Å². The summed E-state index contributed by atoms with van der Waals surface area (Å²) in [5, 5.41) is 6.36. The summed E-state index contributed by atoms with van der Waals surface area (Å²) < 4.78 is 0. The molecule has 2 heteroatoms. The van der Waals surface area contributed by atoms with Crippen molar-refractivity contribution >= 4 is 0 Å². The summed E-state index contributed by atoms with van der Waals surface area (Å²) in [6.07, 6.45) is 6.00. The Morgan fingerprint density at radius 2 is 2.00 bits per heavy atom. The van der Waals surface area contributed by atoms with Crippen LogP contribution in [0.2, 0.25) is 0 Å². The highest BCUT2D eigenvalue weighted by Crippen LogP contribution is 1.99. The maximum Gasteiger partial charge on any atom is 0.0499 e. The van der Waals surface area contributed by atoms with Crippen LogP contribution in [-0.4, -0.2) is 7.05 Å². The van der Waals surface area contributed by atoms with Crippen molar-refractivity contribution in [1.29, 1.82) is 0 Å². The number of allylic oxidation sites excluding steroid dienone is 2. The van der Waals surface area contributed by atoms with E-state index in [2.05, 4.69) is 22.8 Å². The van der Waals surface area contributed by atoms with Crippen LogP contribution in [0.4, 0.5) is 0 Å². The minimum absolute atomic E-state index is 0.846. The first-order valence-corrected chi connectivity index (χ1v) is 5.14. The van der Waals surface area contributed by atoms with E-state index in [9.17, 15) is 0 Å². The zero-order valence-corrected chi connectivity index (χ0v) is 9.33. The Kier molecular flexibility index (Phi) is 5.09. The lowest BCUT2D eigenvalue weighted by Gasteiger charge is -2.07. The second-order valence-electron chi connectivity index (χ2n) is 3.23. The Morgan fingerprint density at radius 1 is 1.27 bits per heavy atom. The molecule has 2 nitrogen and oxygen atoms in total. The molecule has 0 unspecified atom stereocenters. The molecule has 0 aliphatic rings. The predicted molar refractivity (Wildman–Crippen MR) is 65.2 cm³/mol. The van der Waals surface area contributed by atoms with Crippen molar-refractivity contribution in [2.75, 3.05) is 7.05 Å². The molecule has 1 aromatic rings. The van der Waals surface area contributed by atoms with Crippen LogP contribution in [0.5, 0.6) is 0 Å². The van der Waals surface area contributed by atoms with Gasteiger partial charge in [0.1, 0.15) is 0 Å². The molecule has 0 fully saturated rings. The van der Waals surface area contributed by atoms with Gasteiger partial charge in [0.05, 0.1) is 0 Å². The minimum Gasteiger partial charge on any atom is -0.392 e. The first-order valence-electron chi connectivity index (χ1n) is 5.14. The van der Waals surface area contributed by atoms with E-state index in [0.29, 0.717) is 0 Å². The fourth-order valence-electron chi connectivity index (χ4n) is 1.29. The van der Waals surface area contributed by atoms with Gasteiger partial charge in [0.15, 0.2) is 0 Å². The molecule has 0 saturated carbocycles. The van der Waals surface area contributed by atoms with E-state index in [1.54, 1.807) is 0 Å². The largest absolute Gasteiger partial charge is 0.392 e. The van der Waals surface area contributed by atoms with Crippen molar-refractivity contribution in [1.82, 2.24) is 10.6 Å². The van der Waals surface area contributed by atoms with Crippen LogP contribution in [0.3, 0.4) is 0 Å². The molecule has 0 atom stereocenters. The van der Waals surface area contributed by atoms with Gasteiger partial charge in [-0.3, -0.25) is 0 Å². The summed E-state index contributed by atoms with van der Waals surface area (Å²) in [6.45, 7) is 2.85. The topological polar surface area (TPSA) is 24.1 Å². The molecule has 0 saturated heterocycles. The Labute approximate surface area is 91.7 Å². The van der Waals surface area contributed by atoms with Gasteiger partial charge in [-0.1, -0.05) is 36.4 Å². The smallest absolute Gasteiger partial charge is 0.0499 e. The van der Waals surface area contributed by atoms with Crippen molar-refractivity contribution in [3.05, 3.63) is 59.9 Å². The van der Waals surface area contributed by atoms with Crippen LogP contribution in [0.15, 0.2) is 54.4 Å². The first-order chi connectivity index (χ1) is 7.36. The molecule has 0 spiro atoms. The van der Waals surface area contributed by atoms with E-state index in [4.69, 9.17) is 0 Å². The summed E-state index contributed by atoms with van der Waals surface area (Å²) in [5.41, 5.74) is 2.37. The fraction of sp³-hybridized carbons (Fsp3) is 0.231. The van der Waals surface area contributed by atoms with Crippen LogP contribution in [0.25, 0.3) is 0 Å². The summed E-state index contributed by atoms with van der Waals surface area (Å²) in [5.74, 6) is 0. The third-order valence-corrected chi connectivity index (χ3v) is 1.99. The second-order valence-corrected chi connectivity index (χ2v) is 3.23. The van der Waals surface area contributed by atoms with E-state index in [-0.39, 0.29) is 0 Å². The summed E-state index contributed by atoms with van der Waals surface area (Å²) in [7, 11) is 1.90. The van der Waals surface area contributed by atoms with Gasteiger partial charge in [-0.25, -0.2) is 0 Å². The van der Waals surface area contributed by atoms with Crippen LogP contribution in [0, 0.1) is 0 Å². The number of nitrogens with one attached hydrogen (secondary N) is 2. The van der Waals surface area contributed by atoms with E-state index < -0.39 is 0 Å². The first kappa shape index (κ1) is 11.4. The fourth-order valence-corrected chi connectivity index (χ4v) is 1.29. The van der Waals surface area contributed by atoms with E-state index >= 15 is 0 Å². The van der Waals surface area contributed by atoms with Gasteiger partial charge in [0.25, 0.3) is 0 Å². The summed E-state index contributed by atoms with van der Waals surface area (Å²) in [4.78, 5) is 0. The number of hydrogen-bond donors (Lipinski definition) is 2. The highest BCUT2D eigenvalue weighted by atomic mass is 14.9. The van der Waals surface area contributed by atoms with E-state index in [1.165, 1.54) is 5.56 Å². The van der Waals surface area contributed by atoms with Crippen LogP contribution in [-0.2, 0) is 6.54 Å². The van der Waals surface area contributed by atoms with E-state index in [1.807, 2.05) is 50.5 Å². The standard InChI is InChI=1S/C13H18N2/c1-3-7-13(11-14-2)15-10-12-8-5-4-6-9-12/h3-9,11,14-15H,10H2,1-2H3/b7-3-,13-11+. The SMILES string of the molecule is C/C=C\C(=C/NC)NCc1ccccc1. The Balaban J connectivity index is 2.51. The molecule has 1 aromatic carbocycles. The maximum absolute atomic E-state index is 3.35. The molecule has 1 rings (SSSR count). The Bertz CT molecular complexity index is 326. The molecular formula is C13H18N2. The number of hydrogen-bond acceptors (Lipinski definition) is 2. The maximum atomic E-state index is 3.35. The Hall–Kier alpha value is -1.70. The lowest BCUT2D eigenvalue weighted by molar-refractivity contribution is 0.820. The molecule has 15 heavy (non-hydrogen) atoms. The lowest BCUT2D eigenvalue weighted by Crippen LogP contribution is -2.13. The molecule has 0 radical (unpaired) electrons. The van der Waals surface area contributed by atoms with Gasteiger partial charge in [-0.2, -0.15) is 0 Å². The van der Waals surface area contributed by atoms with Gasteiger partial charge >= 0.3 is 0 Å². The summed E-state index contributed by atoms with van der Waals surface area (Å²) in [6, 6.07) is 10.3. The highest BCUT2D eigenvalue weighted by Gasteiger charge is 1.92. The average molecular weight is 202 g/mol. The zero-order chi connectivity index (χ0) is 10.9. The molecule has 80 valence electrons. The van der Waals surface area contributed by atoms with Gasteiger partial charge in [-0.15, -0.1) is 0 Å². The van der Waals surface area contributed by atoms with Crippen LogP contribution in [0.1, 0.15) is 12.5 Å². The third-order valence-electron chi connectivity index (χ3n) is 1.99. The van der Waals surface area contributed by atoms with Gasteiger partial charge in [0.2, 0.25) is 0 Å². The second kappa shape index (κ2) is 6.71. The van der Waals surface area contributed by atoms with Crippen molar-refractivity contribution in [2.24, 2.45) is 0 Å². The molecule has 0 aliphatic heterocycles. The van der Waals surface area contributed by atoms with Crippen molar-refractivity contribution < 1.29 is 0 Å². The highest BCUT2D eigenvalue weighted by molar-refractivity contribution is 5.19. The molecule has 2 N–H and O–H groups in total. The van der Waals surface area contributed by atoms with Crippen molar-refractivity contribution in [3.63, 3.8) is 0 Å². The van der Waals surface area contributed by atoms with Gasteiger partial charge < -0.3 is 10.6 Å². The van der Waals surface area contributed by atoms with Crippen LogP contribution >= 0.6 is 0 Å². The zero-order valence-electron chi connectivity index (χ0n) is 9.33. The average Bonchev–Trinajstić information content (AvgIpc) is 2.28. The number of benzene rings is 1. The monoisotopic (exact) mass is 202 g/mol. The summed E-state index contributed by atoms with van der Waals surface area (Å²) >= 11 is 0. The van der Waals surface area contributed by atoms with Crippen molar-refractivity contribution in [3.8, 4) is 0 Å². The molecule has 0 aromatic heterocycles. The Morgan fingerprint density at radius 3 is 2.60 bits per heavy atom. The predicted octanol–water partition coefficient (Wildman–Crippen LogP) is 2.41. The van der Waals surface area contributed by atoms with Crippen LogP contribution < -0.4 is 10.6 Å². The molecular weight excluding hydrogens is 184 g/mol. The number of rotatable bonds is 5. The minimum atomic E-state index is 0.846. The molecule has 0 heterocycles. The normalized spacial score (nSPS) is 11.7. The molecule has 0 amide bonds. The van der Waals surface area contributed by atoms with Gasteiger partial charge in [0, 0.05) is 25.5 Å². The molecule has 0 bridgehead atoms. The quantitative estimate of drug-likeness (QED) is 0.716.